The Morgan fingerprint density at radius 2 is 1.88 bits per heavy atom. The second-order valence-corrected chi connectivity index (χ2v) is 10.9. The SMILES string of the molecule is CC1(C)CCC2(CC1)N[C@@H](C(=O)O)[C@H](c1ccnc(Cl)c1F)C21C(=O)Nc2cc(Cl)ccc21. The number of amides is 1. The van der Waals surface area contributed by atoms with Gasteiger partial charge in [0.25, 0.3) is 0 Å². The Morgan fingerprint density at radius 1 is 1.18 bits per heavy atom. The number of hydrogen-bond donors (Lipinski definition) is 3. The van der Waals surface area contributed by atoms with Gasteiger partial charge in [0, 0.05) is 28.4 Å². The zero-order chi connectivity index (χ0) is 23.8. The molecule has 2 aromatic rings. The van der Waals surface area contributed by atoms with E-state index in [2.05, 4.69) is 29.5 Å². The van der Waals surface area contributed by atoms with Crippen LogP contribution < -0.4 is 10.6 Å². The van der Waals surface area contributed by atoms with Gasteiger partial charge in [0.05, 0.1) is 0 Å². The molecule has 1 aromatic heterocycles. The van der Waals surface area contributed by atoms with Crippen molar-refractivity contribution in [3.05, 3.63) is 57.6 Å². The molecular formula is C24H24Cl2FN3O3. The van der Waals surface area contributed by atoms with E-state index >= 15 is 4.39 Å². The Hall–Kier alpha value is -2.22. The first-order valence-electron chi connectivity index (χ1n) is 10.9. The fourth-order valence-corrected chi connectivity index (χ4v) is 6.65. The van der Waals surface area contributed by atoms with Crippen LogP contribution in [0.5, 0.6) is 0 Å². The number of carbonyl (C=O) groups is 2. The maximum atomic E-state index is 15.4. The number of anilines is 1. The smallest absolute Gasteiger partial charge is 0.321 e. The lowest BCUT2D eigenvalue weighted by Crippen LogP contribution is -2.61. The highest BCUT2D eigenvalue weighted by atomic mass is 35.5. The summed E-state index contributed by atoms with van der Waals surface area (Å²) in [5, 5.41) is 16.6. The number of nitrogens with zero attached hydrogens (tertiary/aromatic N) is 1. The topological polar surface area (TPSA) is 91.3 Å². The van der Waals surface area contributed by atoms with Crippen LogP contribution in [0, 0.1) is 11.2 Å². The number of carbonyl (C=O) groups excluding carboxylic acids is 1. The van der Waals surface area contributed by atoms with Crippen molar-refractivity contribution in [2.75, 3.05) is 5.32 Å². The molecule has 3 atom stereocenters. The van der Waals surface area contributed by atoms with E-state index in [4.69, 9.17) is 23.2 Å². The predicted molar refractivity (Wildman–Crippen MR) is 123 cm³/mol. The molecule has 33 heavy (non-hydrogen) atoms. The number of aliphatic carboxylic acids is 1. The van der Waals surface area contributed by atoms with E-state index in [1.54, 1.807) is 18.2 Å². The second kappa shape index (κ2) is 7.39. The van der Waals surface area contributed by atoms with Crippen LogP contribution in [-0.2, 0) is 15.0 Å². The van der Waals surface area contributed by atoms with E-state index < -0.39 is 34.7 Å². The molecule has 2 spiro atoms. The molecule has 3 aliphatic rings. The van der Waals surface area contributed by atoms with E-state index in [1.807, 2.05) is 0 Å². The van der Waals surface area contributed by atoms with E-state index in [0.29, 0.717) is 29.1 Å². The highest BCUT2D eigenvalue weighted by molar-refractivity contribution is 6.31. The Labute approximate surface area is 200 Å². The number of aromatic nitrogens is 1. The molecule has 6 nitrogen and oxygen atoms in total. The standard InChI is InChI=1S/C24H24Cl2FN3O3/c1-22(2)6-8-23(9-7-22)24(14-4-3-12(25)11-15(14)29-21(24)33)16(18(30-23)20(31)32)13-5-10-28-19(26)17(13)27/h3-5,10-11,16,18,30H,6-9H2,1-2H3,(H,29,33)(H,31,32)/t16-,18+,24?/m0/s1. The summed E-state index contributed by atoms with van der Waals surface area (Å²) in [6.07, 6.45) is 4.05. The molecule has 1 aromatic carbocycles. The molecule has 2 fully saturated rings. The van der Waals surface area contributed by atoms with Gasteiger partial charge in [-0.05, 0) is 60.4 Å². The third-order valence-corrected chi connectivity index (χ3v) is 8.43. The lowest BCUT2D eigenvalue weighted by molar-refractivity contribution is -0.139. The fraction of sp³-hybridized carbons (Fsp3) is 0.458. The zero-order valence-corrected chi connectivity index (χ0v) is 19.7. The van der Waals surface area contributed by atoms with Crippen molar-refractivity contribution in [1.29, 1.82) is 0 Å². The molecule has 2 aliphatic heterocycles. The number of carboxylic acid groups (broad SMARTS) is 1. The number of pyridine rings is 1. The van der Waals surface area contributed by atoms with Gasteiger partial charge in [-0.25, -0.2) is 9.37 Å². The van der Waals surface area contributed by atoms with Crippen LogP contribution in [0.3, 0.4) is 0 Å². The number of halogens is 3. The van der Waals surface area contributed by atoms with Crippen molar-refractivity contribution in [3.8, 4) is 0 Å². The number of benzene rings is 1. The first-order valence-corrected chi connectivity index (χ1v) is 11.7. The van der Waals surface area contributed by atoms with Gasteiger partial charge < -0.3 is 10.4 Å². The van der Waals surface area contributed by atoms with Crippen molar-refractivity contribution < 1.29 is 19.1 Å². The Balaban J connectivity index is 1.83. The lowest BCUT2D eigenvalue weighted by atomic mass is 9.53. The third-order valence-electron chi connectivity index (χ3n) is 7.93. The largest absolute Gasteiger partial charge is 0.480 e. The molecule has 9 heteroatoms. The van der Waals surface area contributed by atoms with Crippen LogP contribution in [0.2, 0.25) is 10.2 Å². The zero-order valence-electron chi connectivity index (χ0n) is 18.2. The van der Waals surface area contributed by atoms with Crippen molar-refractivity contribution in [1.82, 2.24) is 10.3 Å². The molecule has 0 bridgehead atoms. The lowest BCUT2D eigenvalue weighted by Gasteiger charge is -2.50. The second-order valence-electron chi connectivity index (χ2n) is 10.1. The Morgan fingerprint density at radius 3 is 2.55 bits per heavy atom. The molecule has 1 saturated carbocycles. The van der Waals surface area contributed by atoms with Crippen LogP contribution in [0.25, 0.3) is 0 Å². The summed E-state index contributed by atoms with van der Waals surface area (Å²) >= 11 is 12.2. The van der Waals surface area contributed by atoms with Crippen molar-refractivity contribution in [2.24, 2.45) is 5.41 Å². The summed E-state index contributed by atoms with van der Waals surface area (Å²) in [5.41, 5.74) is -0.983. The van der Waals surface area contributed by atoms with Gasteiger partial charge >= 0.3 is 5.97 Å². The quantitative estimate of drug-likeness (QED) is 0.519. The summed E-state index contributed by atoms with van der Waals surface area (Å²) in [4.78, 5) is 30.4. The van der Waals surface area contributed by atoms with E-state index in [1.165, 1.54) is 12.3 Å². The minimum absolute atomic E-state index is 0.0497. The number of nitrogens with one attached hydrogen (secondary N) is 2. The van der Waals surface area contributed by atoms with Crippen LogP contribution in [-0.4, -0.2) is 33.5 Å². The van der Waals surface area contributed by atoms with Gasteiger partial charge in [0.1, 0.15) is 11.5 Å². The number of rotatable bonds is 2. The van der Waals surface area contributed by atoms with Crippen molar-refractivity contribution in [3.63, 3.8) is 0 Å². The molecular weight excluding hydrogens is 468 g/mol. The summed E-state index contributed by atoms with van der Waals surface area (Å²) < 4.78 is 15.4. The van der Waals surface area contributed by atoms with E-state index in [9.17, 15) is 14.7 Å². The van der Waals surface area contributed by atoms with Crippen LogP contribution in [0.15, 0.2) is 30.5 Å². The minimum atomic E-state index is -1.36. The summed E-state index contributed by atoms with van der Waals surface area (Å²) in [7, 11) is 0. The molecule has 3 N–H and O–H groups in total. The normalized spacial score (nSPS) is 29.3. The van der Waals surface area contributed by atoms with Gasteiger partial charge in [0.15, 0.2) is 11.0 Å². The monoisotopic (exact) mass is 491 g/mol. The van der Waals surface area contributed by atoms with Gasteiger partial charge in [-0.1, -0.05) is 43.1 Å². The molecule has 1 saturated heterocycles. The van der Waals surface area contributed by atoms with Crippen LogP contribution in [0.1, 0.15) is 56.6 Å². The highest BCUT2D eigenvalue weighted by Crippen LogP contribution is 2.63. The molecule has 1 amide bonds. The number of fused-ring (bicyclic) bond motifs is 3. The third kappa shape index (κ3) is 3.05. The fourth-order valence-electron chi connectivity index (χ4n) is 6.31. The first kappa shape index (κ1) is 22.6. The average Bonchev–Trinajstić information content (AvgIpc) is 3.20. The molecule has 1 aliphatic carbocycles. The van der Waals surface area contributed by atoms with Crippen molar-refractivity contribution >= 4 is 40.8 Å². The maximum absolute atomic E-state index is 15.4. The predicted octanol–water partition coefficient (Wildman–Crippen LogP) is 4.90. The summed E-state index contributed by atoms with van der Waals surface area (Å²) in [6, 6.07) is 5.33. The highest BCUT2D eigenvalue weighted by Gasteiger charge is 2.73. The number of carboxylic acids is 1. The van der Waals surface area contributed by atoms with Gasteiger partial charge in [-0.2, -0.15) is 0 Å². The number of hydrogen-bond acceptors (Lipinski definition) is 4. The average molecular weight is 492 g/mol. The van der Waals surface area contributed by atoms with E-state index in [0.717, 1.165) is 12.8 Å². The first-order chi connectivity index (χ1) is 15.5. The van der Waals surface area contributed by atoms with Crippen LogP contribution in [0.4, 0.5) is 10.1 Å². The Bertz CT molecular complexity index is 1180. The van der Waals surface area contributed by atoms with Crippen molar-refractivity contribution in [2.45, 2.75) is 62.4 Å². The van der Waals surface area contributed by atoms with Gasteiger partial charge in [0.2, 0.25) is 5.91 Å². The Kier molecular flexibility index (Phi) is 5.05. The van der Waals surface area contributed by atoms with Gasteiger partial charge in [-0.3, -0.25) is 14.9 Å². The maximum Gasteiger partial charge on any atom is 0.321 e. The molecule has 1 unspecified atom stereocenters. The molecule has 174 valence electrons. The molecule has 3 heterocycles. The summed E-state index contributed by atoms with van der Waals surface area (Å²) in [6.45, 7) is 4.33. The van der Waals surface area contributed by atoms with Crippen LogP contribution >= 0.6 is 23.2 Å². The van der Waals surface area contributed by atoms with E-state index in [-0.39, 0.29) is 22.0 Å². The van der Waals surface area contributed by atoms with Gasteiger partial charge in [-0.15, -0.1) is 0 Å². The summed E-state index contributed by atoms with van der Waals surface area (Å²) in [5.74, 6) is -3.35. The minimum Gasteiger partial charge on any atom is -0.480 e. The molecule has 0 radical (unpaired) electrons. The molecule has 5 rings (SSSR count).